The van der Waals surface area contributed by atoms with Crippen molar-refractivity contribution in [1.82, 2.24) is 0 Å². The molecule has 1 aliphatic rings. The van der Waals surface area contributed by atoms with E-state index >= 15 is 0 Å². The Morgan fingerprint density at radius 2 is 1.08 bits per heavy atom. The molecule has 1 aromatic heterocycles. The highest BCUT2D eigenvalue weighted by Gasteiger charge is 2.30. The van der Waals surface area contributed by atoms with Gasteiger partial charge in [0.1, 0.15) is 11.2 Å². The molecule has 0 unspecified atom stereocenters. The molecule has 4 N–H and O–H groups in total. The van der Waals surface area contributed by atoms with Crippen LogP contribution in [0.5, 0.6) is 23.0 Å². The second kappa shape index (κ2) is 10.5. The van der Waals surface area contributed by atoms with Crippen LogP contribution in [0.2, 0.25) is 0 Å². The van der Waals surface area contributed by atoms with Gasteiger partial charge in [-0.05, 0) is 80.0 Å². The number of fused-ring (bicyclic) bond motifs is 6. The molecule has 1 heterocycles. The molecule has 5 heteroatoms. The molecular weight excluding hydrogens is 596 g/mol. The fourth-order valence-corrected chi connectivity index (χ4v) is 7.35. The van der Waals surface area contributed by atoms with Crippen molar-refractivity contribution in [1.29, 1.82) is 0 Å². The van der Waals surface area contributed by atoms with Gasteiger partial charge in [0.15, 0.2) is 23.0 Å². The van der Waals surface area contributed by atoms with E-state index in [1.165, 1.54) is 0 Å². The molecule has 0 spiro atoms. The van der Waals surface area contributed by atoms with Gasteiger partial charge in [0, 0.05) is 16.3 Å². The third kappa shape index (κ3) is 4.04. The lowest BCUT2D eigenvalue weighted by Crippen LogP contribution is -2.00. The van der Waals surface area contributed by atoms with Crippen molar-refractivity contribution < 1.29 is 24.8 Å². The maximum atomic E-state index is 11.6. The van der Waals surface area contributed by atoms with Crippen LogP contribution < -0.4 is 0 Å². The Balaban J connectivity index is 1.33. The minimum Gasteiger partial charge on any atom is -0.504 e. The number of aromatic hydroxyl groups is 4. The average molecular weight is 625 g/mol. The molecular formula is C43H28O5. The third-order valence-electron chi connectivity index (χ3n) is 9.53. The van der Waals surface area contributed by atoms with Crippen LogP contribution in [0.4, 0.5) is 0 Å². The van der Waals surface area contributed by atoms with E-state index in [0.717, 1.165) is 65.7 Å². The van der Waals surface area contributed by atoms with Crippen molar-refractivity contribution >= 4 is 49.6 Å². The Labute approximate surface area is 275 Å². The summed E-state index contributed by atoms with van der Waals surface area (Å²) in [4.78, 5) is 0. The largest absolute Gasteiger partial charge is 0.504 e. The van der Waals surface area contributed by atoms with E-state index in [9.17, 15) is 20.4 Å². The molecule has 5 nitrogen and oxygen atoms in total. The minimum atomic E-state index is -0.508. The lowest BCUT2D eigenvalue weighted by atomic mass is 9.81. The zero-order chi connectivity index (χ0) is 32.5. The van der Waals surface area contributed by atoms with Gasteiger partial charge in [0.05, 0.1) is 11.1 Å². The summed E-state index contributed by atoms with van der Waals surface area (Å²) in [6.07, 6.45) is 8.49. The van der Waals surface area contributed by atoms with Gasteiger partial charge in [-0.1, -0.05) is 109 Å². The molecule has 8 aromatic rings. The normalized spacial score (nSPS) is 12.7. The number of hydrogen-bond acceptors (Lipinski definition) is 5. The maximum Gasteiger partial charge on any atom is 0.170 e. The van der Waals surface area contributed by atoms with Crippen LogP contribution in [0.3, 0.4) is 0 Å². The Bertz CT molecular complexity index is 2650. The van der Waals surface area contributed by atoms with E-state index in [4.69, 9.17) is 4.42 Å². The molecule has 0 saturated carbocycles. The standard InChI is InChI=1S/C43H28O5/c44-40-37(24-11-3-1-4-12-24)41(45)43(47)39(42(40)46)38-31-16-6-2-5-15-29(31)36(30-17-9-10-18-32(30)38)27-19-20-28-33-21-25-13-7-8-14-26(25)22-35(33)48-34(28)23-27/h1-14,16-23,44-47H,15H2. The molecule has 7 aromatic carbocycles. The zero-order valence-electron chi connectivity index (χ0n) is 25.6. The Kier molecular flexibility index (Phi) is 6.11. The highest BCUT2D eigenvalue weighted by molar-refractivity contribution is 6.15. The van der Waals surface area contributed by atoms with Gasteiger partial charge in [0.2, 0.25) is 0 Å². The Hall–Kier alpha value is -6.46. The fourth-order valence-electron chi connectivity index (χ4n) is 7.35. The summed E-state index contributed by atoms with van der Waals surface area (Å²) >= 11 is 0. The summed E-state index contributed by atoms with van der Waals surface area (Å²) in [6, 6.07) is 35.4. The Morgan fingerprint density at radius 1 is 0.458 bits per heavy atom. The molecule has 48 heavy (non-hydrogen) atoms. The first-order chi connectivity index (χ1) is 23.5. The second-order valence-electron chi connectivity index (χ2n) is 12.2. The van der Waals surface area contributed by atoms with E-state index in [2.05, 4.69) is 48.5 Å². The van der Waals surface area contributed by atoms with Gasteiger partial charge in [0.25, 0.3) is 0 Å². The van der Waals surface area contributed by atoms with Gasteiger partial charge >= 0.3 is 0 Å². The number of hydrogen-bond donors (Lipinski definition) is 4. The van der Waals surface area contributed by atoms with E-state index in [1.54, 1.807) is 24.3 Å². The van der Waals surface area contributed by atoms with Crippen LogP contribution in [0.15, 0.2) is 132 Å². The van der Waals surface area contributed by atoms with Crippen molar-refractivity contribution in [2.75, 3.05) is 0 Å². The third-order valence-corrected chi connectivity index (χ3v) is 9.53. The number of phenolic OH excluding ortho intramolecular Hbond substituents is 4. The number of rotatable bonds is 3. The van der Waals surface area contributed by atoms with Crippen molar-refractivity contribution in [3.8, 4) is 56.4 Å². The molecule has 0 bridgehead atoms. The minimum absolute atomic E-state index is 0.0324. The van der Waals surface area contributed by atoms with Gasteiger partial charge in [-0.25, -0.2) is 0 Å². The smallest absolute Gasteiger partial charge is 0.170 e. The number of benzene rings is 7. The van der Waals surface area contributed by atoms with Gasteiger partial charge in [-0.3, -0.25) is 0 Å². The van der Waals surface area contributed by atoms with Gasteiger partial charge in [-0.15, -0.1) is 0 Å². The predicted octanol–water partition coefficient (Wildman–Crippen LogP) is 10.8. The average Bonchev–Trinajstić information content (AvgIpc) is 3.28. The van der Waals surface area contributed by atoms with E-state index in [1.807, 2.05) is 60.7 Å². The number of phenols is 4. The SMILES string of the molecule is Oc1c(O)c(-c2c3c(c(-c4ccc5c(c4)oc4cc6ccccc6cc45)c4ccccc24)CC=CC=C3)c(O)c(O)c1-c1ccccc1. The first-order valence-electron chi connectivity index (χ1n) is 15.8. The summed E-state index contributed by atoms with van der Waals surface area (Å²) in [7, 11) is 0. The highest BCUT2D eigenvalue weighted by atomic mass is 16.3. The quantitative estimate of drug-likeness (QED) is 0.116. The molecule has 0 fully saturated rings. The molecule has 0 aliphatic heterocycles. The van der Waals surface area contributed by atoms with Crippen LogP contribution >= 0.6 is 0 Å². The summed E-state index contributed by atoms with van der Waals surface area (Å²) < 4.78 is 6.45. The molecule has 0 atom stereocenters. The van der Waals surface area contributed by atoms with Crippen molar-refractivity contribution in [3.63, 3.8) is 0 Å². The van der Waals surface area contributed by atoms with Crippen LogP contribution in [-0.2, 0) is 6.42 Å². The predicted molar refractivity (Wildman–Crippen MR) is 194 cm³/mol. The Morgan fingerprint density at radius 3 is 1.83 bits per heavy atom. The van der Waals surface area contributed by atoms with Gasteiger partial charge in [-0.2, -0.15) is 0 Å². The second-order valence-corrected chi connectivity index (χ2v) is 12.2. The summed E-state index contributed by atoms with van der Waals surface area (Å²) in [5.74, 6) is -2.03. The topological polar surface area (TPSA) is 94.1 Å². The van der Waals surface area contributed by atoms with Crippen LogP contribution in [-0.4, -0.2) is 20.4 Å². The van der Waals surface area contributed by atoms with Crippen molar-refractivity contribution in [2.24, 2.45) is 0 Å². The summed E-state index contributed by atoms with van der Waals surface area (Å²) in [5.41, 5.74) is 6.22. The van der Waals surface area contributed by atoms with Crippen molar-refractivity contribution in [3.05, 3.63) is 139 Å². The first kappa shape index (κ1) is 27.8. The molecule has 0 radical (unpaired) electrons. The maximum absolute atomic E-state index is 11.6. The lowest BCUT2D eigenvalue weighted by Gasteiger charge is -2.23. The fraction of sp³-hybridized carbons (Fsp3) is 0.0233. The number of furan rings is 1. The zero-order valence-corrected chi connectivity index (χ0v) is 25.6. The van der Waals surface area contributed by atoms with Crippen molar-refractivity contribution in [2.45, 2.75) is 6.42 Å². The summed E-state index contributed by atoms with van der Waals surface area (Å²) in [5, 5.41) is 51.8. The van der Waals surface area contributed by atoms with E-state index in [0.29, 0.717) is 17.5 Å². The van der Waals surface area contributed by atoms with Crippen LogP contribution in [0.1, 0.15) is 11.1 Å². The molecule has 230 valence electrons. The van der Waals surface area contributed by atoms with Gasteiger partial charge < -0.3 is 24.8 Å². The highest BCUT2D eigenvalue weighted by Crippen LogP contribution is 2.58. The monoisotopic (exact) mass is 624 g/mol. The van der Waals surface area contributed by atoms with E-state index < -0.39 is 23.0 Å². The lowest BCUT2D eigenvalue weighted by molar-refractivity contribution is 0.378. The van der Waals surface area contributed by atoms with E-state index in [-0.39, 0.29) is 11.1 Å². The number of allylic oxidation sites excluding steroid dienone is 3. The molecule has 0 amide bonds. The first-order valence-corrected chi connectivity index (χ1v) is 15.8. The van der Waals surface area contributed by atoms with Crippen LogP contribution in [0.25, 0.3) is 82.9 Å². The molecule has 0 saturated heterocycles. The summed E-state index contributed by atoms with van der Waals surface area (Å²) in [6.45, 7) is 0. The molecule has 1 aliphatic carbocycles. The van der Waals surface area contributed by atoms with Crippen LogP contribution in [0, 0.1) is 0 Å². The molecule has 9 rings (SSSR count).